The molecule has 0 atom stereocenters. The highest BCUT2D eigenvalue weighted by atomic mass is 16.7. The SMILES string of the molecule is C=C.CC=O.CCOC(C)OCC. The first-order chi connectivity index (χ1) is 6.22. The first-order valence-corrected chi connectivity index (χ1v) is 4.35. The second-order valence-corrected chi connectivity index (χ2v) is 1.71. The lowest BCUT2D eigenvalue weighted by atomic mass is 10.7. The van der Waals surface area contributed by atoms with E-state index in [0.29, 0.717) is 0 Å². The van der Waals surface area contributed by atoms with Gasteiger partial charge in [-0.3, -0.25) is 0 Å². The molecule has 0 aliphatic carbocycles. The van der Waals surface area contributed by atoms with Gasteiger partial charge in [-0.1, -0.05) is 0 Å². The molecule has 3 heteroatoms. The highest BCUT2D eigenvalue weighted by Gasteiger charge is 1.94. The van der Waals surface area contributed by atoms with Crippen LogP contribution in [-0.4, -0.2) is 25.8 Å². The van der Waals surface area contributed by atoms with Gasteiger partial charge in [0.1, 0.15) is 6.29 Å². The monoisotopic (exact) mass is 190 g/mol. The molecule has 0 amide bonds. The number of hydrogen-bond donors (Lipinski definition) is 0. The molecule has 80 valence electrons. The van der Waals surface area contributed by atoms with Crippen molar-refractivity contribution in [2.75, 3.05) is 13.2 Å². The zero-order chi connectivity index (χ0) is 11.1. The highest BCUT2D eigenvalue weighted by Crippen LogP contribution is 1.90. The summed E-state index contributed by atoms with van der Waals surface area (Å²) in [4.78, 5) is 8.81. The Labute approximate surface area is 81.7 Å². The van der Waals surface area contributed by atoms with Crippen LogP contribution in [0.15, 0.2) is 13.2 Å². The molecule has 0 aliphatic heterocycles. The normalized spacial score (nSPS) is 7.77. The lowest BCUT2D eigenvalue weighted by Crippen LogP contribution is -2.11. The van der Waals surface area contributed by atoms with Crippen molar-refractivity contribution in [3.63, 3.8) is 0 Å². The average Bonchev–Trinajstić information content (AvgIpc) is 2.10. The van der Waals surface area contributed by atoms with E-state index in [1.165, 1.54) is 6.92 Å². The van der Waals surface area contributed by atoms with Crippen molar-refractivity contribution in [1.29, 1.82) is 0 Å². The van der Waals surface area contributed by atoms with E-state index in [1.54, 1.807) is 0 Å². The molecule has 0 radical (unpaired) electrons. The van der Waals surface area contributed by atoms with Crippen molar-refractivity contribution in [3.8, 4) is 0 Å². The number of hydrogen-bond acceptors (Lipinski definition) is 3. The van der Waals surface area contributed by atoms with E-state index in [2.05, 4.69) is 13.2 Å². The van der Waals surface area contributed by atoms with Gasteiger partial charge >= 0.3 is 0 Å². The standard InChI is InChI=1S/C6H14O2.C2H4O.C2H4/c1-4-7-6(3)8-5-2;1-2-3;1-2/h6H,4-5H2,1-3H3;2H,1H3;1-2H2. The minimum absolute atomic E-state index is 0.0370. The van der Waals surface area contributed by atoms with Crippen molar-refractivity contribution in [2.24, 2.45) is 0 Å². The largest absolute Gasteiger partial charge is 0.353 e. The van der Waals surface area contributed by atoms with Gasteiger partial charge < -0.3 is 14.3 Å². The molecule has 0 aromatic rings. The summed E-state index contributed by atoms with van der Waals surface area (Å²) in [5.41, 5.74) is 0. The molecular weight excluding hydrogens is 168 g/mol. The summed E-state index contributed by atoms with van der Waals surface area (Å²) in [6.45, 7) is 14.7. The number of ether oxygens (including phenoxy) is 2. The molecule has 0 aliphatic rings. The summed E-state index contributed by atoms with van der Waals surface area (Å²) >= 11 is 0. The van der Waals surface area contributed by atoms with E-state index in [9.17, 15) is 0 Å². The number of carbonyl (C=O) groups is 1. The molecule has 13 heavy (non-hydrogen) atoms. The zero-order valence-corrected chi connectivity index (χ0v) is 9.21. The fraction of sp³-hybridized carbons (Fsp3) is 0.700. The molecule has 0 rings (SSSR count). The van der Waals surface area contributed by atoms with Crippen molar-refractivity contribution in [2.45, 2.75) is 34.0 Å². The summed E-state index contributed by atoms with van der Waals surface area (Å²) in [5, 5.41) is 0. The van der Waals surface area contributed by atoms with E-state index >= 15 is 0 Å². The van der Waals surface area contributed by atoms with Crippen molar-refractivity contribution in [1.82, 2.24) is 0 Å². The van der Waals surface area contributed by atoms with Gasteiger partial charge in [-0.2, -0.15) is 0 Å². The van der Waals surface area contributed by atoms with Crippen LogP contribution in [0.5, 0.6) is 0 Å². The lowest BCUT2D eigenvalue weighted by molar-refractivity contribution is -0.123. The first-order valence-electron chi connectivity index (χ1n) is 4.35. The molecule has 0 spiro atoms. The molecule has 0 fully saturated rings. The molecule has 0 heterocycles. The smallest absolute Gasteiger partial charge is 0.154 e. The minimum atomic E-state index is -0.0370. The zero-order valence-electron chi connectivity index (χ0n) is 9.21. The average molecular weight is 190 g/mol. The van der Waals surface area contributed by atoms with Gasteiger partial charge in [0.25, 0.3) is 0 Å². The van der Waals surface area contributed by atoms with Crippen molar-refractivity contribution >= 4 is 6.29 Å². The Morgan fingerprint density at radius 2 is 1.46 bits per heavy atom. The van der Waals surface area contributed by atoms with E-state index < -0.39 is 0 Å². The fourth-order valence-corrected chi connectivity index (χ4v) is 0.518. The lowest BCUT2D eigenvalue weighted by Gasteiger charge is -2.09. The quantitative estimate of drug-likeness (QED) is 0.388. The number of carbonyl (C=O) groups excluding carboxylic acids is 1. The van der Waals surface area contributed by atoms with Crippen LogP contribution in [0, 0.1) is 0 Å². The molecule has 0 N–H and O–H groups in total. The Balaban J connectivity index is -0.000000169. The molecule has 0 saturated heterocycles. The van der Waals surface area contributed by atoms with Crippen LogP contribution >= 0.6 is 0 Å². The molecule has 0 bridgehead atoms. The summed E-state index contributed by atoms with van der Waals surface area (Å²) in [5.74, 6) is 0. The Bertz CT molecular complexity index is 78.2. The molecule has 3 nitrogen and oxygen atoms in total. The van der Waals surface area contributed by atoms with Crippen molar-refractivity contribution < 1.29 is 14.3 Å². The van der Waals surface area contributed by atoms with Crippen LogP contribution in [-0.2, 0) is 14.3 Å². The maximum absolute atomic E-state index is 8.81. The van der Waals surface area contributed by atoms with Crippen molar-refractivity contribution in [3.05, 3.63) is 13.2 Å². The highest BCUT2D eigenvalue weighted by molar-refractivity contribution is 5.44. The van der Waals surface area contributed by atoms with E-state index in [-0.39, 0.29) is 6.29 Å². The Morgan fingerprint density at radius 3 is 1.62 bits per heavy atom. The fourth-order valence-electron chi connectivity index (χ4n) is 0.518. The van der Waals surface area contributed by atoms with Crippen LogP contribution in [0.2, 0.25) is 0 Å². The predicted octanol–water partition coefficient (Wildman–Crippen LogP) is 2.41. The van der Waals surface area contributed by atoms with Crippen LogP contribution in [0.3, 0.4) is 0 Å². The molecule has 0 unspecified atom stereocenters. The van der Waals surface area contributed by atoms with Crippen LogP contribution in [0.25, 0.3) is 0 Å². The Morgan fingerprint density at radius 1 is 1.23 bits per heavy atom. The second kappa shape index (κ2) is 22.5. The Hall–Kier alpha value is -0.670. The van der Waals surface area contributed by atoms with Gasteiger partial charge in [0.05, 0.1) is 0 Å². The predicted molar refractivity (Wildman–Crippen MR) is 55.7 cm³/mol. The molecule has 0 saturated carbocycles. The summed E-state index contributed by atoms with van der Waals surface area (Å²) in [6.07, 6.45) is 0.713. The second-order valence-electron chi connectivity index (χ2n) is 1.71. The summed E-state index contributed by atoms with van der Waals surface area (Å²) < 4.78 is 10.1. The molecule has 0 aromatic heterocycles. The van der Waals surface area contributed by atoms with Gasteiger partial charge in [0, 0.05) is 13.2 Å². The summed E-state index contributed by atoms with van der Waals surface area (Å²) in [6, 6.07) is 0. The van der Waals surface area contributed by atoms with E-state index in [1.807, 2.05) is 20.8 Å². The number of rotatable bonds is 4. The van der Waals surface area contributed by atoms with Crippen LogP contribution in [0.4, 0.5) is 0 Å². The van der Waals surface area contributed by atoms with Gasteiger partial charge in [-0.15, -0.1) is 13.2 Å². The minimum Gasteiger partial charge on any atom is -0.353 e. The third-order valence-electron chi connectivity index (χ3n) is 0.803. The maximum Gasteiger partial charge on any atom is 0.154 e. The van der Waals surface area contributed by atoms with Gasteiger partial charge in [0.2, 0.25) is 0 Å². The summed E-state index contributed by atoms with van der Waals surface area (Å²) in [7, 11) is 0. The van der Waals surface area contributed by atoms with Gasteiger partial charge in [0.15, 0.2) is 6.29 Å². The molecule has 0 aromatic carbocycles. The van der Waals surface area contributed by atoms with Crippen LogP contribution < -0.4 is 0 Å². The Kier molecular flexibility index (Phi) is 31.5. The first kappa shape index (κ1) is 18.2. The maximum atomic E-state index is 8.81. The van der Waals surface area contributed by atoms with Crippen LogP contribution in [0.1, 0.15) is 27.7 Å². The van der Waals surface area contributed by atoms with E-state index in [0.717, 1.165) is 19.5 Å². The van der Waals surface area contributed by atoms with Gasteiger partial charge in [-0.05, 0) is 27.7 Å². The van der Waals surface area contributed by atoms with E-state index in [4.69, 9.17) is 14.3 Å². The van der Waals surface area contributed by atoms with Gasteiger partial charge in [-0.25, -0.2) is 0 Å². The molecular formula is C10H22O3. The third-order valence-corrected chi connectivity index (χ3v) is 0.803. The third kappa shape index (κ3) is 34.7. The number of aldehydes is 1. The topological polar surface area (TPSA) is 35.5 Å².